The molecule has 18 heavy (non-hydrogen) atoms. The van der Waals surface area contributed by atoms with E-state index in [-0.39, 0.29) is 17.0 Å². The molecule has 0 spiro atoms. The summed E-state index contributed by atoms with van der Waals surface area (Å²) in [6.07, 6.45) is 0. The van der Waals surface area contributed by atoms with Gasteiger partial charge in [-0.25, -0.2) is 0 Å². The quantitative estimate of drug-likeness (QED) is 0.752. The molecule has 0 fully saturated rings. The first kappa shape index (κ1) is 14.0. The van der Waals surface area contributed by atoms with Crippen molar-refractivity contribution in [1.29, 1.82) is 0 Å². The summed E-state index contributed by atoms with van der Waals surface area (Å²) in [7, 11) is 0. The lowest BCUT2D eigenvalue weighted by molar-refractivity contribution is 0.648. The van der Waals surface area contributed by atoms with Gasteiger partial charge in [0.05, 0.1) is 12.2 Å². The Labute approximate surface area is 127 Å². The minimum absolute atomic E-state index is 0. The summed E-state index contributed by atoms with van der Waals surface area (Å²) in [6.45, 7) is 6.06. The summed E-state index contributed by atoms with van der Waals surface area (Å²) in [5.41, 5.74) is 3.58. The van der Waals surface area contributed by atoms with Crippen LogP contribution in [0.5, 0.6) is 0 Å². The molecule has 0 amide bonds. The number of hydrogen-bond acceptors (Lipinski definition) is 3. The Balaban J connectivity index is 0.00000120. The van der Waals surface area contributed by atoms with Crippen LogP contribution in [0.1, 0.15) is 18.1 Å². The number of allylic oxidation sites excluding steroid dienone is 1. The van der Waals surface area contributed by atoms with Gasteiger partial charge in [0.25, 0.3) is 0 Å². The van der Waals surface area contributed by atoms with E-state index >= 15 is 0 Å². The van der Waals surface area contributed by atoms with Crippen LogP contribution in [0.25, 0.3) is 5.70 Å². The largest absolute Gasteiger partial charge is 0.318 e. The molecule has 0 aliphatic carbocycles. The van der Waals surface area contributed by atoms with E-state index in [4.69, 9.17) is 11.6 Å². The Morgan fingerprint density at radius 2 is 2.11 bits per heavy atom. The number of aryl methyl sites for hydroxylation is 1. The highest BCUT2D eigenvalue weighted by Crippen LogP contribution is 2.41. The van der Waals surface area contributed by atoms with Crippen molar-refractivity contribution in [3.8, 4) is 0 Å². The Morgan fingerprint density at radius 3 is 2.83 bits per heavy atom. The number of thioether (sulfide) groups is 1. The number of benzene rings is 1. The summed E-state index contributed by atoms with van der Waals surface area (Å²) < 4.78 is 0. The number of halogens is 2. The molecule has 2 nitrogen and oxygen atoms in total. The van der Waals surface area contributed by atoms with Gasteiger partial charge in [-0.1, -0.05) is 35.5 Å². The third kappa shape index (κ3) is 2.22. The van der Waals surface area contributed by atoms with Crippen molar-refractivity contribution in [1.82, 2.24) is 4.90 Å². The van der Waals surface area contributed by atoms with Crippen molar-refractivity contribution >= 4 is 51.2 Å². The molecule has 2 aliphatic heterocycles. The molecule has 1 aromatic carbocycles. The predicted molar refractivity (Wildman–Crippen MR) is 85.7 cm³/mol. The highest BCUT2D eigenvalue weighted by molar-refractivity contribution is 8.93. The second kappa shape index (κ2) is 5.27. The number of amidine groups is 1. The molecule has 0 aromatic heterocycles. The monoisotopic (exact) mass is 344 g/mol. The second-order valence-corrected chi connectivity index (χ2v) is 5.88. The lowest BCUT2D eigenvalue weighted by Gasteiger charge is -2.17. The zero-order valence-corrected chi connectivity index (χ0v) is 13.5. The van der Waals surface area contributed by atoms with Gasteiger partial charge in [0, 0.05) is 22.0 Å². The fraction of sp³-hybridized carbons (Fsp3) is 0.308. The highest BCUT2D eigenvalue weighted by Gasteiger charge is 2.30. The number of nitrogens with zero attached hydrogens (tertiary/aromatic N) is 2. The fourth-order valence-electron chi connectivity index (χ4n) is 2.20. The van der Waals surface area contributed by atoms with Gasteiger partial charge >= 0.3 is 0 Å². The maximum atomic E-state index is 6.20. The van der Waals surface area contributed by atoms with Crippen LogP contribution in [0.15, 0.2) is 28.1 Å². The lowest BCUT2D eigenvalue weighted by atomic mass is 10.1. The zero-order chi connectivity index (χ0) is 12.0. The van der Waals surface area contributed by atoms with E-state index in [0.29, 0.717) is 0 Å². The van der Waals surface area contributed by atoms with Crippen molar-refractivity contribution in [3.63, 3.8) is 0 Å². The van der Waals surface area contributed by atoms with Crippen LogP contribution < -0.4 is 0 Å². The van der Waals surface area contributed by atoms with Crippen LogP contribution >= 0.6 is 40.3 Å². The molecule has 96 valence electrons. The van der Waals surface area contributed by atoms with Crippen LogP contribution in [0.4, 0.5) is 0 Å². The third-order valence-electron chi connectivity index (χ3n) is 3.09. The smallest absolute Gasteiger partial charge is 0.168 e. The van der Waals surface area contributed by atoms with E-state index in [1.165, 1.54) is 16.2 Å². The van der Waals surface area contributed by atoms with Crippen molar-refractivity contribution in [2.45, 2.75) is 13.8 Å². The maximum absolute atomic E-state index is 6.20. The zero-order valence-electron chi connectivity index (χ0n) is 10.2. The van der Waals surface area contributed by atoms with E-state index < -0.39 is 0 Å². The first-order valence-electron chi connectivity index (χ1n) is 5.64. The molecule has 0 saturated heterocycles. The summed E-state index contributed by atoms with van der Waals surface area (Å²) in [6, 6.07) is 6.27. The van der Waals surface area contributed by atoms with Crippen LogP contribution in [-0.4, -0.2) is 23.2 Å². The molecule has 0 saturated carbocycles. The van der Waals surface area contributed by atoms with E-state index in [9.17, 15) is 0 Å². The Hall–Kier alpha value is -0.450. The van der Waals surface area contributed by atoms with Crippen molar-refractivity contribution in [2.24, 2.45) is 4.99 Å². The van der Waals surface area contributed by atoms with E-state index in [1.807, 2.05) is 6.92 Å². The summed E-state index contributed by atoms with van der Waals surface area (Å²) in [5.74, 6) is 0. The van der Waals surface area contributed by atoms with Gasteiger partial charge in [-0.05, 0) is 25.5 Å². The normalized spacial score (nSPS) is 17.7. The van der Waals surface area contributed by atoms with Gasteiger partial charge < -0.3 is 4.90 Å². The molecule has 5 heteroatoms. The Bertz CT molecular complexity index is 554. The molecule has 0 bridgehead atoms. The van der Waals surface area contributed by atoms with E-state index in [0.717, 1.165) is 28.8 Å². The SMILES string of the molecule is Br.CC1=C(c2ccc(C)c(Cl)c2)N2CCN=C2S1. The van der Waals surface area contributed by atoms with Gasteiger partial charge in [-0.15, -0.1) is 17.0 Å². The lowest BCUT2D eigenvalue weighted by Crippen LogP contribution is -2.19. The summed E-state index contributed by atoms with van der Waals surface area (Å²) >= 11 is 7.97. The number of fused-ring (bicyclic) bond motifs is 1. The minimum atomic E-state index is 0. The molecule has 0 atom stereocenters. The van der Waals surface area contributed by atoms with Crippen LogP contribution in [0.2, 0.25) is 5.02 Å². The van der Waals surface area contributed by atoms with E-state index in [1.54, 1.807) is 11.8 Å². The Morgan fingerprint density at radius 1 is 1.33 bits per heavy atom. The van der Waals surface area contributed by atoms with Crippen LogP contribution in [0.3, 0.4) is 0 Å². The highest BCUT2D eigenvalue weighted by atomic mass is 79.9. The molecule has 2 aliphatic rings. The van der Waals surface area contributed by atoms with Gasteiger partial charge in [0.1, 0.15) is 0 Å². The standard InChI is InChI=1S/C13H13ClN2S.BrH/c1-8-3-4-10(7-11(8)14)12-9(2)17-13-15-5-6-16(12)13;/h3-4,7H,5-6H2,1-2H3;1H. The van der Waals surface area contributed by atoms with Crippen molar-refractivity contribution in [2.75, 3.05) is 13.1 Å². The predicted octanol–water partition coefficient (Wildman–Crippen LogP) is 4.33. The number of hydrogen-bond donors (Lipinski definition) is 0. The molecular formula is C13H14BrClN2S. The average Bonchev–Trinajstić information content (AvgIpc) is 2.82. The topological polar surface area (TPSA) is 15.6 Å². The molecule has 0 N–H and O–H groups in total. The van der Waals surface area contributed by atoms with E-state index in [2.05, 4.69) is 35.0 Å². The average molecular weight is 346 g/mol. The second-order valence-electron chi connectivity index (χ2n) is 4.29. The fourth-order valence-corrected chi connectivity index (χ4v) is 3.42. The molecular weight excluding hydrogens is 332 g/mol. The molecule has 1 aromatic rings. The maximum Gasteiger partial charge on any atom is 0.168 e. The first-order chi connectivity index (χ1) is 8.16. The van der Waals surface area contributed by atoms with Crippen LogP contribution in [-0.2, 0) is 0 Å². The molecule has 2 heterocycles. The van der Waals surface area contributed by atoms with Gasteiger partial charge in [0.15, 0.2) is 5.17 Å². The summed E-state index contributed by atoms with van der Waals surface area (Å²) in [5, 5.41) is 1.96. The number of rotatable bonds is 1. The summed E-state index contributed by atoms with van der Waals surface area (Å²) in [4.78, 5) is 8.10. The van der Waals surface area contributed by atoms with Gasteiger partial charge in [-0.3, -0.25) is 4.99 Å². The van der Waals surface area contributed by atoms with Gasteiger partial charge in [-0.2, -0.15) is 0 Å². The number of aliphatic imine (C=N–C) groups is 1. The van der Waals surface area contributed by atoms with Gasteiger partial charge in [0.2, 0.25) is 0 Å². The van der Waals surface area contributed by atoms with Crippen molar-refractivity contribution in [3.05, 3.63) is 39.3 Å². The first-order valence-corrected chi connectivity index (χ1v) is 6.83. The molecule has 3 rings (SSSR count). The Kier molecular flexibility index (Phi) is 4.09. The molecule has 0 unspecified atom stereocenters. The van der Waals surface area contributed by atoms with Crippen molar-refractivity contribution < 1.29 is 0 Å². The molecule has 0 radical (unpaired) electrons. The third-order valence-corrected chi connectivity index (χ3v) is 4.53. The van der Waals surface area contributed by atoms with Crippen LogP contribution in [0, 0.1) is 6.92 Å². The minimum Gasteiger partial charge on any atom is -0.318 e.